The average molecular weight is 327 g/mol. The molecule has 0 unspecified atom stereocenters. The normalized spacial score (nSPS) is 22.3. The van der Waals surface area contributed by atoms with Gasteiger partial charge >= 0.3 is 5.97 Å². The van der Waals surface area contributed by atoms with Crippen molar-refractivity contribution in [2.45, 2.75) is 43.5 Å². The van der Waals surface area contributed by atoms with E-state index in [1.54, 1.807) is 19.1 Å². The maximum Gasteiger partial charge on any atom is 0.306 e. The second-order valence-electron chi connectivity index (χ2n) is 5.64. The summed E-state index contributed by atoms with van der Waals surface area (Å²) in [6.45, 7) is 1.72. The summed E-state index contributed by atoms with van der Waals surface area (Å²) in [6.07, 6.45) is 2.10. The Labute approximate surface area is 130 Å². The molecule has 0 radical (unpaired) electrons. The number of carbonyl (C=O) groups is 1. The number of ether oxygens (including phenoxy) is 1. The van der Waals surface area contributed by atoms with Gasteiger partial charge in [0, 0.05) is 6.04 Å². The lowest BCUT2D eigenvalue weighted by molar-refractivity contribution is -0.142. The van der Waals surface area contributed by atoms with E-state index in [-0.39, 0.29) is 16.9 Å². The lowest BCUT2D eigenvalue weighted by Crippen LogP contribution is -2.38. The number of hydrogen-bond acceptors (Lipinski definition) is 4. The molecule has 0 saturated heterocycles. The predicted octanol–water partition coefficient (Wildman–Crippen LogP) is 1.93. The number of methoxy groups -OCH3 is 1. The van der Waals surface area contributed by atoms with E-state index >= 15 is 0 Å². The van der Waals surface area contributed by atoms with Crippen LogP contribution in [0.2, 0.25) is 0 Å². The molecule has 1 aromatic carbocycles. The molecule has 22 heavy (non-hydrogen) atoms. The minimum absolute atomic E-state index is 0.206. The largest absolute Gasteiger partial charge is 0.497 e. The van der Waals surface area contributed by atoms with Gasteiger partial charge in [-0.2, -0.15) is 0 Å². The van der Waals surface area contributed by atoms with Crippen LogP contribution in [0.3, 0.4) is 0 Å². The Hall–Kier alpha value is -1.60. The molecule has 7 heteroatoms. The van der Waals surface area contributed by atoms with Gasteiger partial charge in [-0.05, 0) is 56.4 Å². The number of hydrogen-bond donors (Lipinski definition) is 2. The summed E-state index contributed by atoms with van der Waals surface area (Å²) in [4.78, 5) is 11.2. The van der Waals surface area contributed by atoms with Gasteiger partial charge in [0.15, 0.2) is 0 Å². The summed E-state index contributed by atoms with van der Waals surface area (Å²) in [5.74, 6) is -0.547. The Balaban J connectivity index is 2.07. The molecule has 0 atom stereocenters. The molecular formula is C15H21NO5S. The minimum atomic E-state index is -3.61. The molecule has 1 aliphatic rings. The van der Waals surface area contributed by atoms with Crippen molar-refractivity contribution in [2.75, 3.05) is 7.11 Å². The van der Waals surface area contributed by atoms with Gasteiger partial charge in [0.25, 0.3) is 0 Å². The number of aliphatic carboxylic acids is 1. The number of sulfonamides is 1. The first-order chi connectivity index (χ1) is 10.3. The lowest BCUT2D eigenvalue weighted by atomic mass is 9.87. The summed E-state index contributed by atoms with van der Waals surface area (Å²) >= 11 is 0. The maximum absolute atomic E-state index is 12.5. The Morgan fingerprint density at radius 1 is 1.27 bits per heavy atom. The zero-order valence-corrected chi connectivity index (χ0v) is 13.5. The van der Waals surface area contributed by atoms with Crippen LogP contribution in [0.5, 0.6) is 5.75 Å². The molecule has 0 spiro atoms. The van der Waals surface area contributed by atoms with Crippen molar-refractivity contribution in [3.05, 3.63) is 23.8 Å². The predicted molar refractivity (Wildman–Crippen MR) is 81.4 cm³/mol. The van der Waals surface area contributed by atoms with Gasteiger partial charge in [0.2, 0.25) is 10.0 Å². The highest BCUT2D eigenvalue weighted by atomic mass is 32.2. The number of benzene rings is 1. The quantitative estimate of drug-likeness (QED) is 0.862. The van der Waals surface area contributed by atoms with Gasteiger partial charge in [0.1, 0.15) is 5.75 Å². The second kappa shape index (κ2) is 6.66. The smallest absolute Gasteiger partial charge is 0.306 e. The van der Waals surface area contributed by atoms with Crippen LogP contribution < -0.4 is 9.46 Å². The van der Waals surface area contributed by atoms with E-state index < -0.39 is 16.0 Å². The number of aryl methyl sites for hydroxylation is 1. The first kappa shape index (κ1) is 16.8. The van der Waals surface area contributed by atoms with Crippen LogP contribution in [0.15, 0.2) is 23.1 Å². The number of carboxylic acid groups (broad SMARTS) is 1. The van der Waals surface area contributed by atoms with Crippen molar-refractivity contribution in [2.24, 2.45) is 5.92 Å². The van der Waals surface area contributed by atoms with Crippen LogP contribution in [-0.2, 0) is 14.8 Å². The topological polar surface area (TPSA) is 92.7 Å². The molecule has 2 N–H and O–H groups in total. The Kier molecular flexibility index (Phi) is 5.08. The molecule has 0 heterocycles. The number of rotatable bonds is 5. The number of nitrogens with one attached hydrogen (secondary N) is 1. The Bertz CT molecular complexity index is 648. The third-order valence-electron chi connectivity index (χ3n) is 4.07. The third-order valence-corrected chi connectivity index (χ3v) is 5.75. The van der Waals surface area contributed by atoms with Crippen LogP contribution in [0.1, 0.15) is 31.2 Å². The zero-order valence-electron chi connectivity index (χ0n) is 12.7. The highest BCUT2D eigenvalue weighted by molar-refractivity contribution is 7.89. The summed E-state index contributed by atoms with van der Waals surface area (Å²) in [7, 11) is -2.08. The molecule has 0 amide bonds. The van der Waals surface area contributed by atoms with Crippen LogP contribution in [0.4, 0.5) is 0 Å². The van der Waals surface area contributed by atoms with Crippen molar-refractivity contribution in [1.82, 2.24) is 4.72 Å². The molecule has 2 rings (SSSR count). The van der Waals surface area contributed by atoms with Gasteiger partial charge in [-0.15, -0.1) is 0 Å². The van der Waals surface area contributed by atoms with Gasteiger partial charge in [-0.1, -0.05) is 0 Å². The fourth-order valence-electron chi connectivity index (χ4n) is 2.79. The fourth-order valence-corrected chi connectivity index (χ4v) is 4.32. The average Bonchev–Trinajstić information content (AvgIpc) is 2.46. The molecule has 0 aliphatic heterocycles. The van der Waals surface area contributed by atoms with E-state index in [1.165, 1.54) is 13.2 Å². The summed E-state index contributed by atoms with van der Waals surface area (Å²) < 4.78 is 32.7. The van der Waals surface area contributed by atoms with Gasteiger partial charge in [-0.25, -0.2) is 13.1 Å². The molecule has 122 valence electrons. The van der Waals surface area contributed by atoms with E-state index in [9.17, 15) is 13.2 Å². The standard InChI is InChI=1S/C15H21NO5S/c1-10-9-13(21-2)7-8-14(10)22(19,20)16-12-5-3-11(4-6-12)15(17)18/h7-9,11-12,16H,3-6H2,1-2H3,(H,17,18). The van der Waals surface area contributed by atoms with Crippen molar-refractivity contribution in [3.8, 4) is 5.75 Å². The fraction of sp³-hybridized carbons (Fsp3) is 0.533. The Morgan fingerprint density at radius 2 is 1.91 bits per heavy atom. The zero-order chi connectivity index (χ0) is 16.3. The summed E-state index contributed by atoms with van der Waals surface area (Å²) in [5.41, 5.74) is 0.617. The summed E-state index contributed by atoms with van der Waals surface area (Å²) in [5, 5.41) is 8.97. The Morgan fingerprint density at radius 3 is 2.41 bits per heavy atom. The maximum atomic E-state index is 12.5. The highest BCUT2D eigenvalue weighted by Crippen LogP contribution is 2.27. The van der Waals surface area contributed by atoms with Crippen molar-refractivity contribution >= 4 is 16.0 Å². The molecule has 1 aliphatic carbocycles. The monoisotopic (exact) mass is 327 g/mol. The number of carboxylic acids is 1. The van der Waals surface area contributed by atoms with Crippen LogP contribution in [0, 0.1) is 12.8 Å². The van der Waals surface area contributed by atoms with E-state index in [0.717, 1.165) is 0 Å². The molecule has 1 fully saturated rings. The first-order valence-electron chi connectivity index (χ1n) is 7.23. The molecule has 0 aromatic heterocycles. The van der Waals surface area contributed by atoms with Gasteiger partial charge in [-0.3, -0.25) is 4.79 Å². The van der Waals surface area contributed by atoms with Crippen LogP contribution in [0.25, 0.3) is 0 Å². The van der Waals surface area contributed by atoms with Crippen molar-refractivity contribution < 1.29 is 23.1 Å². The van der Waals surface area contributed by atoms with E-state index in [4.69, 9.17) is 9.84 Å². The minimum Gasteiger partial charge on any atom is -0.497 e. The second-order valence-corrected chi connectivity index (χ2v) is 7.32. The highest BCUT2D eigenvalue weighted by Gasteiger charge is 2.29. The van der Waals surface area contributed by atoms with E-state index in [2.05, 4.69) is 4.72 Å². The third kappa shape index (κ3) is 3.78. The van der Waals surface area contributed by atoms with Crippen molar-refractivity contribution in [1.29, 1.82) is 0 Å². The van der Waals surface area contributed by atoms with E-state index in [0.29, 0.717) is 37.0 Å². The molecule has 6 nitrogen and oxygen atoms in total. The molecular weight excluding hydrogens is 306 g/mol. The summed E-state index contributed by atoms with van der Waals surface area (Å²) in [6, 6.07) is 4.61. The lowest BCUT2D eigenvalue weighted by Gasteiger charge is -2.26. The first-order valence-corrected chi connectivity index (χ1v) is 8.71. The van der Waals surface area contributed by atoms with Crippen molar-refractivity contribution in [3.63, 3.8) is 0 Å². The molecule has 1 aromatic rings. The van der Waals surface area contributed by atoms with E-state index in [1.807, 2.05) is 0 Å². The molecule has 1 saturated carbocycles. The van der Waals surface area contributed by atoms with Gasteiger partial charge in [0.05, 0.1) is 17.9 Å². The van der Waals surface area contributed by atoms with Gasteiger partial charge < -0.3 is 9.84 Å². The molecule has 0 bridgehead atoms. The van der Waals surface area contributed by atoms with Crippen LogP contribution in [-0.4, -0.2) is 32.6 Å². The SMILES string of the molecule is COc1ccc(S(=O)(=O)NC2CCC(C(=O)O)CC2)c(C)c1. The van der Waals surface area contributed by atoms with Crippen LogP contribution >= 0.6 is 0 Å².